The van der Waals surface area contributed by atoms with Crippen LogP contribution in [0.25, 0.3) is 0 Å². The van der Waals surface area contributed by atoms with Crippen LogP contribution < -0.4 is 16.0 Å². The van der Waals surface area contributed by atoms with E-state index >= 15 is 0 Å². The van der Waals surface area contributed by atoms with Crippen LogP contribution >= 0.6 is 0 Å². The molecule has 2 amide bonds. The van der Waals surface area contributed by atoms with Crippen molar-refractivity contribution in [1.29, 1.82) is 0 Å². The van der Waals surface area contributed by atoms with Crippen molar-refractivity contribution in [2.75, 3.05) is 17.2 Å². The van der Waals surface area contributed by atoms with Crippen LogP contribution in [0.4, 0.5) is 17.2 Å². The number of carbonyl (C=O) groups is 2. The molecule has 2 aromatic carbocycles. The number of aromatic nitrogens is 2. The third-order valence-electron chi connectivity index (χ3n) is 4.29. The second-order valence-corrected chi connectivity index (χ2v) is 6.49. The molecule has 148 valence electrons. The molecule has 0 unspecified atom stereocenters. The van der Waals surface area contributed by atoms with Gasteiger partial charge in [0.1, 0.15) is 12.1 Å². The van der Waals surface area contributed by atoms with Crippen LogP contribution in [0.15, 0.2) is 60.9 Å². The Bertz CT molecular complexity index is 1010. The minimum Gasteiger partial charge on any atom is -0.343 e. The Hall–Kier alpha value is -3.74. The van der Waals surface area contributed by atoms with Crippen molar-refractivity contribution in [1.82, 2.24) is 15.3 Å². The highest BCUT2D eigenvalue weighted by Crippen LogP contribution is 2.24. The summed E-state index contributed by atoms with van der Waals surface area (Å²) in [7, 11) is 0. The fourth-order valence-corrected chi connectivity index (χ4v) is 2.80. The van der Waals surface area contributed by atoms with Gasteiger partial charge in [0.25, 0.3) is 5.91 Å². The first-order valence-electron chi connectivity index (χ1n) is 9.37. The molecule has 0 aliphatic carbocycles. The Kier molecular flexibility index (Phi) is 6.52. The molecule has 0 saturated carbocycles. The van der Waals surface area contributed by atoms with E-state index in [-0.39, 0.29) is 18.4 Å². The average molecular weight is 389 g/mol. The maximum atomic E-state index is 12.4. The summed E-state index contributed by atoms with van der Waals surface area (Å²) >= 11 is 0. The quantitative estimate of drug-likeness (QED) is 0.575. The zero-order valence-corrected chi connectivity index (χ0v) is 16.4. The van der Waals surface area contributed by atoms with E-state index in [4.69, 9.17) is 0 Å². The van der Waals surface area contributed by atoms with Crippen molar-refractivity contribution in [2.45, 2.75) is 20.3 Å². The molecule has 7 nitrogen and oxygen atoms in total. The van der Waals surface area contributed by atoms with Gasteiger partial charge < -0.3 is 16.0 Å². The van der Waals surface area contributed by atoms with Crippen molar-refractivity contribution < 1.29 is 9.59 Å². The van der Waals surface area contributed by atoms with Gasteiger partial charge in [-0.25, -0.2) is 9.97 Å². The molecular formula is C22H23N5O2. The van der Waals surface area contributed by atoms with Gasteiger partial charge >= 0.3 is 0 Å². The van der Waals surface area contributed by atoms with Gasteiger partial charge in [-0.15, -0.1) is 0 Å². The largest absolute Gasteiger partial charge is 0.343 e. The summed E-state index contributed by atoms with van der Waals surface area (Å²) in [4.78, 5) is 32.7. The summed E-state index contributed by atoms with van der Waals surface area (Å²) in [6.07, 6.45) is 2.26. The maximum Gasteiger partial charge on any atom is 0.251 e. The van der Waals surface area contributed by atoms with Gasteiger partial charge in [-0.05, 0) is 43.2 Å². The highest BCUT2D eigenvalue weighted by atomic mass is 16.2. The molecule has 0 bridgehead atoms. The number of amides is 2. The lowest BCUT2D eigenvalue weighted by Gasteiger charge is -2.13. The van der Waals surface area contributed by atoms with Gasteiger partial charge in [-0.2, -0.15) is 0 Å². The molecule has 0 aliphatic heterocycles. The van der Waals surface area contributed by atoms with E-state index in [9.17, 15) is 9.59 Å². The highest BCUT2D eigenvalue weighted by molar-refractivity contribution is 5.99. The molecule has 0 aliphatic rings. The second kappa shape index (κ2) is 9.45. The van der Waals surface area contributed by atoms with Crippen molar-refractivity contribution >= 4 is 29.0 Å². The van der Waals surface area contributed by atoms with Gasteiger partial charge in [-0.1, -0.05) is 31.2 Å². The summed E-state index contributed by atoms with van der Waals surface area (Å²) in [5.41, 5.74) is 3.86. The van der Waals surface area contributed by atoms with Crippen LogP contribution in [-0.4, -0.2) is 28.3 Å². The zero-order valence-electron chi connectivity index (χ0n) is 16.4. The van der Waals surface area contributed by atoms with Gasteiger partial charge in [0.2, 0.25) is 5.91 Å². The van der Waals surface area contributed by atoms with E-state index in [1.807, 2.05) is 44.2 Å². The van der Waals surface area contributed by atoms with Crippen LogP contribution in [0.3, 0.4) is 0 Å². The van der Waals surface area contributed by atoms with Crippen molar-refractivity contribution in [3.63, 3.8) is 0 Å². The van der Waals surface area contributed by atoms with Crippen LogP contribution in [-0.2, 0) is 11.2 Å². The SMILES string of the molecule is CCc1ccc(Nc2cc(C)ncn2)cc1NC(=O)CNC(=O)c1ccccc1. The molecule has 7 heteroatoms. The fourth-order valence-electron chi connectivity index (χ4n) is 2.80. The Morgan fingerprint density at radius 1 is 1.00 bits per heavy atom. The standard InChI is InChI=1S/C22H23N5O2/c1-3-16-9-10-18(26-20-11-15(2)24-14-25-20)12-19(16)27-21(28)13-23-22(29)17-7-5-4-6-8-17/h4-12,14H,3,13H2,1-2H3,(H,23,29)(H,27,28)(H,24,25,26). The monoisotopic (exact) mass is 389 g/mol. The van der Waals surface area contributed by atoms with Crippen molar-refractivity contribution in [3.05, 3.63) is 77.7 Å². The number of aryl methyl sites for hydroxylation is 2. The van der Waals surface area contributed by atoms with Gasteiger partial charge in [-0.3, -0.25) is 9.59 Å². The van der Waals surface area contributed by atoms with Crippen molar-refractivity contribution in [3.8, 4) is 0 Å². The third kappa shape index (κ3) is 5.62. The Labute approximate surface area is 169 Å². The summed E-state index contributed by atoms with van der Waals surface area (Å²) in [6, 6.07) is 16.4. The van der Waals surface area contributed by atoms with Gasteiger partial charge in [0.05, 0.1) is 6.54 Å². The number of rotatable bonds is 7. The van der Waals surface area contributed by atoms with E-state index in [1.54, 1.807) is 24.3 Å². The van der Waals surface area contributed by atoms with E-state index in [2.05, 4.69) is 25.9 Å². The normalized spacial score (nSPS) is 10.3. The molecule has 0 fully saturated rings. The molecule has 29 heavy (non-hydrogen) atoms. The zero-order chi connectivity index (χ0) is 20.6. The third-order valence-corrected chi connectivity index (χ3v) is 4.29. The summed E-state index contributed by atoms with van der Waals surface area (Å²) in [5.74, 6) is 0.0965. The molecule has 3 rings (SSSR count). The first-order valence-corrected chi connectivity index (χ1v) is 9.37. The first-order chi connectivity index (χ1) is 14.0. The van der Waals surface area contributed by atoms with Crippen LogP contribution in [0, 0.1) is 6.92 Å². The predicted octanol–water partition coefficient (Wildman–Crippen LogP) is 3.46. The number of benzene rings is 2. The Morgan fingerprint density at radius 3 is 2.52 bits per heavy atom. The molecule has 1 aromatic heterocycles. The fraction of sp³-hybridized carbons (Fsp3) is 0.182. The molecule has 3 aromatic rings. The molecule has 0 radical (unpaired) electrons. The number of anilines is 3. The summed E-state index contributed by atoms with van der Waals surface area (Å²) in [6.45, 7) is 3.80. The Morgan fingerprint density at radius 2 is 1.79 bits per heavy atom. The van der Waals surface area contributed by atoms with Crippen LogP contribution in [0.1, 0.15) is 28.5 Å². The number of nitrogens with one attached hydrogen (secondary N) is 3. The number of hydrogen-bond acceptors (Lipinski definition) is 5. The minimum absolute atomic E-state index is 0.111. The highest BCUT2D eigenvalue weighted by Gasteiger charge is 2.10. The molecular weight excluding hydrogens is 366 g/mol. The Balaban J connectivity index is 1.65. The molecule has 1 heterocycles. The first kappa shape index (κ1) is 20.0. The van der Waals surface area contributed by atoms with E-state index in [1.165, 1.54) is 6.33 Å². The van der Waals surface area contributed by atoms with E-state index in [0.717, 1.165) is 23.4 Å². The topological polar surface area (TPSA) is 96.0 Å². The summed E-state index contributed by atoms with van der Waals surface area (Å²) < 4.78 is 0. The predicted molar refractivity (Wildman–Crippen MR) is 113 cm³/mol. The second-order valence-electron chi connectivity index (χ2n) is 6.49. The smallest absolute Gasteiger partial charge is 0.251 e. The number of hydrogen-bond donors (Lipinski definition) is 3. The minimum atomic E-state index is -0.293. The van der Waals surface area contributed by atoms with Crippen LogP contribution in [0.5, 0.6) is 0 Å². The number of nitrogens with zero attached hydrogens (tertiary/aromatic N) is 2. The molecule has 0 spiro atoms. The lowest BCUT2D eigenvalue weighted by molar-refractivity contribution is -0.115. The lowest BCUT2D eigenvalue weighted by Crippen LogP contribution is -2.33. The molecule has 0 atom stereocenters. The lowest BCUT2D eigenvalue weighted by atomic mass is 10.1. The van der Waals surface area contributed by atoms with Gasteiger partial charge in [0.15, 0.2) is 0 Å². The number of carbonyl (C=O) groups excluding carboxylic acids is 2. The van der Waals surface area contributed by atoms with E-state index < -0.39 is 0 Å². The molecule has 0 saturated heterocycles. The van der Waals surface area contributed by atoms with Crippen LogP contribution in [0.2, 0.25) is 0 Å². The molecule has 3 N–H and O–H groups in total. The van der Waals surface area contributed by atoms with Gasteiger partial charge in [0, 0.05) is 28.7 Å². The maximum absolute atomic E-state index is 12.4. The summed E-state index contributed by atoms with van der Waals surface area (Å²) in [5, 5.41) is 8.72. The average Bonchev–Trinajstić information content (AvgIpc) is 2.73. The van der Waals surface area contributed by atoms with E-state index in [0.29, 0.717) is 17.1 Å². The van der Waals surface area contributed by atoms with Crippen molar-refractivity contribution in [2.24, 2.45) is 0 Å².